The molecule has 0 spiro atoms. The lowest BCUT2D eigenvalue weighted by molar-refractivity contribution is 0.0252. The molecule has 1 aromatic carbocycles. The van der Waals surface area contributed by atoms with Gasteiger partial charge in [-0.15, -0.1) is 0 Å². The van der Waals surface area contributed by atoms with Crippen molar-refractivity contribution in [2.75, 3.05) is 63.3 Å². The molecule has 5 rings (SSSR count). The van der Waals surface area contributed by atoms with E-state index in [2.05, 4.69) is 49.6 Å². The first kappa shape index (κ1) is 20.0. The van der Waals surface area contributed by atoms with Gasteiger partial charge in [-0.2, -0.15) is 4.98 Å². The number of benzene rings is 1. The number of piperidine rings is 1. The molecule has 2 saturated heterocycles. The van der Waals surface area contributed by atoms with Gasteiger partial charge in [0.15, 0.2) is 6.73 Å². The molecule has 2 N–H and O–H groups in total. The lowest BCUT2D eigenvalue weighted by Gasteiger charge is -2.38. The summed E-state index contributed by atoms with van der Waals surface area (Å²) in [6.07, 6.45) is 3.50. The fraction of sp³-hybridized carbons (Fsp3) is 0.500. The zero-order chi connectivity index (χ0) is 21.2. The maximum atomic E-state index is 13.0. The van der Waals surface area contributed by atoms with E-state index >= 15 is 0 Å². The number of carbonyl (C=O) groups excluding carboxylic acids is 1. The largest absolute Gasteiger partial charge is 0.455 e. The highest BCUT2D eigenvalue weighted by Gasteiger charge is 2.34. The van der Waals surface area contributed by atoms with Gasteiger partial charge in [-0.05, 0) is 57.2 Å². The van der Waals surface area contributed by atoms with Crippen LogP contribution in [0.4, 0.5) is 17.3 Å². The van der Waals surface area contributed by atoms with E-state index < -0.39 is 0 Å². The maximum absolute atomic E-state index is 13.0. The fourth-order valence-corrected chi connectivity index (χ4v) is 4.41. The van der Waals surface area contributed by atoms with Gasteiger partial charge in [-0.25, -0.2) is 4.98 Å². The topological polar surface area (TPSA) is 85.9 Å². The summed E-state index contributed by atoms with van der Waals surface area (Å²) in [5.74, 6) is 0.737. The Balaban J connectivity index is 1.25. The average Bonchev–Trinajstić information content (AvgIpc) is 2.81. The summed E-state index contributed by atoms with van der Waals surface area (Å²) in [5, 5.41) is 6.58. The van der Waals surface area contributed by atoms with Crippen molar-refractivity contribution in [3.63, 3.8) is 0 Å². The lowest BCUT2D eigenvalue weighted by atomic mass is 10.0. The quantitative estimate of drug-likeness (QED) is 0.766. The van der Waals surface area contributed by atoms with Crippen LogP contribution in [0.25, 0.3) is 0 Å². The van der Waals surface area contributed by atoms with E-state index in [1.54, 1.807) is 6.20 Å². The minimum Gasteiger partial charge on any atom is -0.455 e. The highest BCUT2D eigenvalue weighted by atomic mass is 16.5. The number of amides is 1. The van der Waals surface area contributed by atoms with Crippen molar-refractivity contribution in [2.45, 2.75) is 18.9 Å². The second-order valence-electron chi connectivity index (χ2n) is 8.40. The molecular formula is C22H29N7O2. The number of piperazine rings is 1. The lowest BCUT2D eigenvalue weighted by Crippen LogP contribution is -2.50. The number of ether oxygens (including phenoxy) is 1. The van der Waals surface area contributed by atoms with Crippen LogP contribution in [0.1, 0.15) is 23.2 Å². The Morgan fingerprint density at radius 3 is 2.58 bits per heavy atom. The molecule has 1 aromatic heterocycles. The molecule has 0 saturated carbocycles. The van der Waals surface area contributed by atoms with E-state index in [0.717, 1.165) is 57.8 Å². The predicted molar refractivity (Wildman–Crippen MR) is 119 cm³/mol. The smallest absolute Gasteiger partial charge is 0.263 e. The van der Waals surface area contributed by atoms with Crippen LogP contribution in [0.3, 0.4) is 0 Å². The molecule has 3 aliphatic rings. The molecule has 1 amide bonds. The molecule has 0 aliphatic carbocycles. The van der Waals surface area contributed by atoms with E-state index in [0.29, 0.717) is 17.4 Å². The molecule has 0 bridgehead atoms. The van der Waals surface area contributed by atoms with Gasteiger partial charge in [-0.3, -0.25) is 4.79 Å². The summed E-state index contributed by atoms with van der Waals surface area (Å²) < 4.78 is 5.85. The number of anilines is 3. The number of rotatable bonds is 4. The number of fused-ring (bicyclic) bond motifs is 1. The molecule has 2 aromatic rings. The minimum absolute atomic E-state index is 0.0391. The third-order valence-electron chi connectivity index (χ3n) is 6.32. The van der Waals surface area contributed by atoms with Crippen LogP contribution in [0.5, 0.6) is 5.88 Å². The van der Waals surface area contributed by atoms with Crippen LogP contribution >= 0.6 is 0 Å². The van der Waals surface area contributed by atoms with Crippen molar-refractivity contribution >= 4 is 23.2 Å². The first-order valence-corrected chi connectivity index (χ1v) is 11.0. The molecule has 9 heteroatoms. The number of hydrogen-bond donors (Lipinski definition) is 2. The molecule has 31 heavy (non-hydrogen) atoms. The van der Waals surface area contributed by atoms with E-state index in [1.807, 2.05) is 17.0 Å². The highest BCUT2D eigenvalue weighted by Crippen LogP contribution is 2.28. The van der Waals surface area contributed by atoms with Gasteiger partial charge in [-0.1, -0.05) is 0 Å². The molecule has 164 valence electrons. The summed E-state index contributed by atoms with van der Waals surface area (Å²) in [7, 11) is 2.11. The minimum atomic E-state index is -0.0391. The normalized spacial score (nSPS) is 20.4. The van der Waals surface area contributed by atoms with Crippen molar-refractivity contribution in [1.82, 2.24) is 25.1 Å². The SMILES string of the molecule is CN1CCC(N2COc3nc(Nc4ccc(N5CCNCC5)cc4)ncc3C2=O)CC1. The Labute approximate surface area is 182 Å². The van der Waals surface area contributed by atoms with Crippen LogP contribution in [0.15, 0.2) is 30.5 Å². The zero-order valence-corrected chi connectivity index (χ0v) is 17.9. The van der Waals surface area contributed by atoms with Gasteiger partial charge in [0.2, 0.25) is 11.8 Å². The molecule has 0 unspecified atom stereocenters. The van der Waals surface area contributed by atoms with Crippen LogP contribution in [-0.2, 0) is 0 Å². The Bertz CT molecular complexity index is 922. The van der Waals surface area contributed by atoms with Crippen LogP contribution < -0.4 is 20.3 Å². The third-order valence-corrected chi connectivity index (χ3v) is 6.32. The molecular weight excluding hydrogens is 394 g/mol. The number of likely N-dealkylation sites (tertiary alicyclic amines) is 1. The van der Waals surface area contributed by atoms with Crippen molar-refractivity contribution in [3.8, 4) is 5.88 Å². The number of nitrogens with zero attached hydrogens (tertiary/aromatic N) is 5. The van der Waals surface area contributed by atoms with Crippen molar-refractivity contribution in [1.29, 1.82) is 0 Å². The van der Waals surface area contributed by atoms with E-state index in [4.69, 9.17) is 4.74 Å². The Morgan fingerprint density at radius 1 is 1.10 bits per heavy atom. The van der Waals surface area contributed by atoms with Gasteiger partial charge in [0, 0.05) is 49.8 Å². The second-order valence-corrected chi connectivity index (χ2v) is 8.40. The van der Waals surface area contributed by atoms with E-state index in [-0.39, 0.29) is 18.7 Å². The predicted octanol–water partition coefficient (Wildman–Crippen LogP) is 1.52. The van der Waals surface area contributed by atoms with Crippen molar-refractivity contribution in [3.05, 3.63) is 36.0 Å². The Hall–Kier alpha value is -2.91. The third kappa shape index (κ3) is 4.28. The summed E-state index contributed by atoms with van der Waals surface area (Å²) in [5.41, 5.74) is 2.54. The number of hydrogen-bond acceptors (Lipinski definition) is 8. The van der Waals surface area contributed by atoms with Gasteiger partial charge in [0.05, 0.1) is 0 Å². The van der Waals surface area contributed by atoms with Crippen LogP contribution in [-0.4, -0.2) is 84.8 Å². The van der Waals surface area contributed by atoms with Crippen molar-refractivity contribution < 1.29 is 9.53 Å². The summed E-state index contributed by atoms with van der Waals surface area (Å²) >= 11 is 0. The maximum Gasteiger partial charge on any atom is 0.263 e. The standard InChI is InChI=1S/C22H29N7O2/c1-27-10-6-18(7-11-27)29-15-31-20-19(21(29)30)14-24-22(26-20)25-16-2-4-17(5-3-16)28-12-8-23-9-13-28/h2-5,14,18,23H,6-13,15H2,1H3,(H,24,25,26). The second kappa shape index (κ2) is 8.68. The number of aromatic nitrogens is 2. The molecule has 0 radical (unpaired) electrons. The van der Waals surface area contributed by atoms with Crippen molar-refractivity contribution in [2.24, 2.45) is 0 Å². The Kier molecular flexibility index (Phi) is 5.61. The number of nitrogens with one attached hydrogen (secondary N) is 2. The molecule has 4 heterocycles. The summed E-state index contributed by atoms with van der Waals surface area (Å²) in [4.78, 5) is 28.3. The molecule has 2 fully saturated rings. The van der Waals surface area contributed by atoms with Gasteiger partial charge < -0.3 is 30.1 Å². The summed E-state index contributed by atoms with van der Waals surface area (Å²) in [6, 6.07) is 8.46. The van der Waals surface area contributed by atoms with Crippen LogP contribution in [0, 0.1) is 0 Å². The molecule has 9 nitrogen and oxygen atoms in total. The number of carbonyl (C=O) groups is 1. The fourth-order valence-electron chi connectivity index (χ4n) is 4.41. The highest BCUT2D eigenvalue weighted by molar-refractivity contribution is 5.97. The monoisotopic (exact) mass is 423 g/mol. The van der Waals surface area contributed by atoms with E-state index in [1.165, 1.54) is 5.69 Å². The van der Waals surface area contributed by atoms with Crippen LogP contribution in [0.2, 0.25) is 0 Å². The molecule has 3 aliphatic heterocycles. The first-order valence-electron chi connectivity index (χ1n) is 11.0. The Morgan fingerprint density at radius 2 is 1.84 bits per heavy atom. The van der Waals surface area contributed by atoms with Gasteiger partial charge in [0.1, 0.15) is 5.56 Å². The van der Waals surface area contributed by atoms with Gasteiger partial charge in [0.25, 0.3) is 5.91 Å². The average molecular weight is 424 g/mol. The zero-order valence-electron chi connectivity index (χ0n) is 17.9. The summed E-state index contributed by atoms with van der Waals surface area (Å²) in [6.45, 7) is 6.29. The first-order chi connectivity index (χ1) is 15.2. The molecule has 0 atom stereocenters. The van der Waals surface area contributed by atoms with Gasteiger partial charge >= 0.3 is 0 Å². The van der Waals surface area contributed by atoms with E-state index in [9.17, 15) is 4.79 Å².